The first-order valence-corrected chi connectivity index (χ1v) is 8.91. The van der Waals surface area contributed by atoms with Gasteiger partial charge in [0.05, 0.1) is 6.04 Å². The number of benzene rings is 2. The van der Waals surface area contributed by atoms with Crippen molar-refractivity contribution < 1.29 is 0 Å². The van der Waals surface area contributed by atoms with Gasteiger partial charge in [-0.1, -0.05) is 55.8 Å². The molecule has 0 aliphatic carbocycles. The molecule has 1 unspecified atom stereocenters. The van der Waals surface area contributed by atoms with Crippen molar-refractivity contribution in [2.24, 2.45) is 0 Å². The number of rotatable bonds is 7. The molecule has 0 heterocycles. The van der Waals surface area contributed by atoms with Gasteiger partial charge in [-0.15, -0.1) is 11.8 Å². The van der Waals surface area contributed by atoms with Crippen molar-refractivity contribution in [2.75, 3.05) is 13.3 Å². The van der Waals surface area contributed by atoms with Crippen LogP contribution in [-0.2, 0) is 6.42 Å². The van der Waals surface area contributed by atoms with Gasteiger partial charge >= 0.3 is 0 Å². The molecule has 0 spiro atoms. The van der Waals surface area contributed by atoms with E-state index >= 15 is 0 Å². The van der Waals surface area contributed by atoms with Gasteiger partial charge in [0.15, 0.2) is 0 Å². The van der Waals surface area contributed by atoms with Crippen LogP contribution in [0.5, 0.6) is 0 Å². The number of hydrogen-bond acceptors (Lipinski definition) is 2. The summed E-state index contributed by atoms with van der Waals surface area (Å²) in [4.78, 5) is 1.34. The lowest BCUT2D eigenvalue weighted by Crippen LogP contribution is -2.18. The third-order valence-corrected chi connectivity index (χ3v) is 4.68. The van der Waals surface area contributed by atoms with Gasteiger partial charge in [0.25, 0.3) is 0 Å². The molecule has 1 N–H and O–H groups in total. The Bertz CT molecular complexity index is 548. The third-order valence-electron chi connectivity index (χ3n) is 3.87. The molecule has 0 bridgehead atoms. The number of aryl methyl sites for hydroxylation is 1. The first kappa shape index (κ1) is 16.1. The summed E-state index contributed by atoms with van der Waals surface area (Å²) in [5, 5.41) is 3.46. The number of hydrogen-bond donors (Lipinski definition) is 1. The molecule has 0 saturated heterocycles. The zero-order valence-electron chi connectivity index (χ0n) is 13.2. The second-order valence-corrected chi connectivity index (χ2v) is 6.16. The minimum Gasteiger partial charge on any atom is -0.309 e. The monoisotopic (exact) mass is 299 g/mol. The Labute approximate surface area is 133 Å². The first-order valence-electron chi connectivity index (χ1n) is 7.69. The van der Waals surface area contributed by atoms with Crippen LogP contribution in [0.15, 0.2) is 53.4 Å². The van der Waals surface area contributed by atoms with Crippen LogP contribution < -0.4 is 5.32 Å². The molecule has 0 aromatic heterocycles. The highest BCUT2D eigenvalue weighted by Crippen LogP contribution is 2.30. The summed E-state index contributed by atoms with van der Waals surface area (Å²) >= 11 is 1.81. The Kier molecular flexibility index (Phi) is 6.34. The van der Waals surface area contributed by atoms with Gasteiger partial charge in [-0.05, 0) is 48.9 Å². The van der Waals surface area contributed by atoms with E-state index in [1.165, 1.54) is 40.8 Å². The van der Waals surface area contributed by atoms with Crippen LogP contribution >= 0.6 is 11.8 Å². The molecule has 0 fully saturated rings. The molecule has 21 heavy (non-hydrogen) atoms. The maximum absolute atomic E-state index is 3.46. The second kappa shape index (κ2) is 8.26. The van der Waals surface area contributed by atoms with E-state index in [0.29, 0.717) is 0 Å². The summed E-state index contributed by atoms with van der Waals surface area (Å²) in [6.07, 6.45) is 5.84. The van der Waals surface area contributed by atoms with Gasteiger partial charge in [0.1, 0.15) is 0 Å². The van der Waals surface area contributed by atoms with E-state index in [2.05, 4.69) is 67.0 Å². The van der Waals surface area contributed by atoms with Crippen molar-refractivity contribution in [2.45, 2.75) is 37.1 Å². The number of thioether (sulfide) groups is 1. The lowest BCUT2D eigenvalue weighted by atomic mass is 9.97. The van der Waals surface area contributed by atoms with Crippen molar-refractivity contribution >= 4 is 11.8 Å². The van der Waals surface area contributed by atoms with E-state index < -0.39 is 0 Å². The van der Waals surface area contributed by atoms with Crippen LogP contribution in [0.3, 0.4) is 0 Å². The minimum absolute atomic E-state index is 0.258. The van der Waals surface area contributed by atoms with Crippen molar-refractivity contribution in [3.05, 3.63) is 65.2 Å². The summed E-state index contributed by atoms with van der Waals surface area (Å²) in [5.41, 5.74) is 4.13. The van der Waals surface area contributed by atoms with Crippen molar-refractivity contribution in [1.82, 2.24) is 5.32 Å². The van der Waals surface area contributed by atoms with E-state index in [1.54, 1.807) is 0 Å². The highest BCUT2D eigenvalue weighted by atomic mass is 32.2. The smallest absolute Gasteiger partial charge is 0.0585 e. The van der Waals surface area contributed by atoms with Crippen LogP contribution in [0.25, 0.3) is 0 Å². The van der Waals surface area contributed by atoms with Crippen LogP contribution in [0.2, 0.25) is 0 Å². The van der Waals surface area contributed by atoms with Gasteiger partial charge in [-0.3, -0.25) is 0 Å². The normalized spacial score (nSPS) is 12.3. The third kappa shape index (κ3) is 4.12. The van der Waals surface area contributed by atoms with E-state index in [-0.39, 0.29) is 6.04 Å². The zero-order chi connectivity index (χ0) is 15.1. The molecule has 1 nitrogen and oxygen atoms in total. The fourth-order valence-corrected chi connectivity index (χ4v) is 3.30. The first-order chi connectivity index (χ1) is 10.3. The zero-order valence-corrected chi connectivity index (χ0v) is 14.0. The fourth-order valence-electron chi connectivity index (χ4n) is 2.66. The minimum atomic E-state index is 0.258. The summed E-state index contributed by atoms with van der Waals surface area (Å²) in [6, 6.07) is 18.0. The quantitative estimate of drug-likeness (QED) is 0.717. The molecule has 0 amide bonds. The molecule has 2 rings (SSSR count). The van der Waals surface area contributed by atoms with Gasteiger partial charge in [0.2, 0.25) is 0 Å². The molecule has 0 radical (unpaired) electrons. The van der Waals surface area contributed by atoms with Crippen LogP contribution in [0.1, 0.15) is 42.5 Å². The Morgan fingerprint density at radius 3 is 2.38 bits per heavy atom. The summed E-state index contributed by atoms with van der Waals surface area (Å²) in [5.74, 6) is 0. The van der Waals surface area contributed by atoms with Crippen molar-refractivity contribution in [3.8, 4) is 0 Å². The average Bonchev–Trinajstić information content (AvgIpc) is 2.55. The Morgan fingerprint density at radius 1 is 1.05 bits per heavy atom. The summed E-state index contributed by atoms with van der Waals surface area (Å²) < 4.78 is 0. The molecule has 1 atom stereocenters. The second-order valence-electron chi connectivity index (χ2n) is 5.31. The fraction of sp³-hybridized carbons (Fsp3) is 0.368. The Morgan fingerprint density at radius 2 is 1.76 bits per heavy atom. The van der Waals surface area contributed by atoms with E-state index in [0.717, 1.165) is 0 Å². The van der Waals surface area contributed by atoms with E-state index in [9.17, 15) is 0 Å². The maximum atomic E-state index is 3.46. The molecule has 2 aromatic carbocycles. The van der Waals surface area contributed by atoms with Gasteiger partial charge < -0.3 is 5.32 Å². The standard InChI is InChI=1S/C19H25NS/c1-4-5-8-15-11-13-16(14-12-15)19(20-2)17-9-6-7-10-18(17)21-3/h6-7,9-14,19-20H,4-5,8H2,1-3H3. The highest BCUT2D eigenvalue weighted by molar-refractivity contribution is 7.98. The average molecular weight is 299 g/mol. The predicted octanol–water partition coefficient (Wildman–Crippen LogP) is 5.06. The van der Waals surface area contributed by atoms with Crippen molar-refractivity contribution in [3.63, 3.8) is 0 Å². The number of nitrogens with one attached hydrogen (secondary N) is 1. The van der Waals surface area contributed by atoms with E-state index in [4.69, 9.17) is 0 Å². The summed E-state index contributed by atoms with van der Waals surface area (Å²) in [6.45, 7) is 2.24. The molecule has 2 aromatic rings. The Balaban J connectivity index is 2.24. The van der Waals surface area contributed by atoms with Gasteiger partial charge in [0, 0.05) is 4.90 Å². The maximum Gasteiger partial charge on any atom is 0.0585 e. The summed E-state index contributed by atoms with van der Waals surface area (Å²) in [7, 11) is 2.03. The van der Waals surface area contributed by atoms with Crippen LogP contribution in [0, 0.1) is 0 Å². The number of unbranched alkanes of at least 4 members (excludes halogenated alkanes) is 1. The topological polar surface area (TPSA) is 12.0 Å². The van der Waals surface area contributed by atoms with Gasteiger partial charge in [-0.2, -0.15) is 0 Å². The molecule has 112 valence electrons. The van der Waals surface area contributed by atoms with E-state index in [1.807, 2.05) is 18.8 Å². The SMILES string of the molecule is CCCCc1ccc(C(NC)c2ccccc2SC)cc1. The molecular formula is C19H25NS. The van der Waals surface area contributed by atoms with Gasteiger partial charge in [-0.25, -0.2) is 0 Å². The Hall–Kier alpha value is -1.25. The largest absolute Gasteiger partial charge is 0.309 e. The molecule has 0 saturated carbocycles. The highest BCUT2D eigenvalue weighted by Gasteiger charge is 2.14. The lowest BCUT2D eigenvalue weighted by molar-refractivity contribution is 0.679. The molecular weight excluding hydrogens is 274 g/mol. The van der Waals surface area contributed by atoms with Crippen LogP contribution in [0.4, 0.5) is 0 Å². The molecule has 0 aliphatic heterocycles. The predicted molar refractivity (Wildman–Crippen MR) is 94.2 cm³/mol. The lowest BCUT2D eigenvalue weighted by Gasteiger charge is -2.20. The molecule has 0 aliphatic rings. The van der Waals surface area contributed by atoms with Crippen LogP contribution in [-0.4, -0.2) is 13.3 Å². The van der Waals surface area contributed by atoms with Crippen molar-refractivity contribution in [1.29, 1.82) is 0 Å². The molecule has 2 heteroatoms.